The van der Waals surface area contributed by atoms with E-state index < -0.39 is 17.5 Å². The molecule has 2 aliphatic rings. The number of benzene rings is 2. The third kappa shape index (κ3) is 2.96. The molecule has 0 bridgehead atoms. The molecular weight excluding hydrogens is 366 g/mol. The fourth-order valence-corrected chi connectivity index (χ4v) is 3.97. The van der Waals surface area contributed by atoms with Crippen molar-refractivity contribution >= 4 is 29.4 Å². The van der Waals surface area contributed by atoms with Crippen LogP contribution in [0.15, 0.2) is 48.5 Å². The van der Waals surface area contributed by atoms with Crippen molar-refractivity contribution in [3.05, 3.63) is 70.2 Å². The summed E-state index contributed by atoms with van der Waals surface area (Å²) in [7, 11) is 0. The van der Waals surface area contributed by atoms with Crippen LogP contribution >= 0.6 is 11.6 Å². The summed E-state index contributed by atoms with van der Waals surface area (Å²) in [6.45, 7) is -0.0881. The molecule has 2 aromatic rings. The number of carbonyl (C=O) groups is 3. The molecule has 2 N–H and O–H groups in total. The number of aryl methyl sites for hydroxylation is 1. The maximum atomic E-state index is 13.0. The molecule has 4 rings (SSSR count). The number of carbonyl (C=O) groups excluding carboxylic acids is 3. The van der Waals surface area contributed by atoms with Crippen molar-refractivity contribution in [2.45, 2.75) is 24.9 Å². The average Bonchev–Trinajstić information content (AvgIpc) is 3.15. The molecule has 1 heterocycles. The van der Waals surface area contributed by atoms with E-state index in [2.05, 4.69) is 10.6 Å². The van der Waals surface area contributed by atoms with E-state index in [9.17, 15) is 14.4 Å². The van der Waals surface area contributed by atoms with Gasteiger partial charge in [-0.05, 0) is 35.6 Å². The molecule has 1 fully saturated rings. The van der Waals surface area contributed by atoms with Crippen LogP contribution in [0.3, 0.4) is 0 Å². The van der Waals surface area contributed by atoms with Gasteiger partial charge in [-0.15, -0.1) is 0 Å². The second-order valence-electron chi connectivity index (χ2n) is 6.75. The van der Waals surface area contributed by atoms with Gasteiger partial charge in [0.2, 0.25) is 5.91 Å². The molecule has 2 aromatic carbocycles. The van der Waals surface area contributed by atoms with Gasteiger partial charge in [-0.2, -0.15) is 0 Å². The maximum Gasteiger partial charge on any atom is 0.325 e. The summed E-state index contributed by atoms with van der Waals surface area (Å²) in [5, 5.41) is 6.07. The number of urea groups is 1. The van der Waals surface area contributed by atoms with Gasteiger partial charge in [0.1, 0.15) is 12.1 Å². The van der Waals surface area contributed by atoms with Gasteiger partial charge in [-0.25, -0.2) is 4.79 Å². The van der Waals surface area contributed by atoms with Crippen LogP contribution in [0, 0.1) is 0 Å². The van der Waals surface area contributed by atoms with Crippen molar-refractivity contribution in [1.29, 1.82) is 0 Å². The van der Waals surface area contributed by atoms with Crippen molar-refractivity contribution in [3.8, 4) is 0 Å². The van der Waals surface area contributed by atoms with Gasteiger partial charge in [0.15, 0.2) is 0 Å². The smallest absolute Gasteiger partial charge is 0.325 e. The first-order valence-electron chi connectivity index (χ1n) is 8.74. The Hall–Kier alpha value is -2.86. The third-order valence-electron chi connectivity index (χ3n) is 5.16. The summed E-state index contributed by atoms with van der Waals surface area (Å²) >= 11 is 6.07. The number of rotatable bonds is 4. The van der Waals surface area contributed by atoms with Crippen LogP contribution in [-0.2, 0) is 28.1 Å². The lowest BCUT2D eigenvalue weighted by Gasteiger charge is -2.22. The predicted molar refractivity (Wildman–Crippen MR) is 100.0 cm³/mol. The highest BCUT2D eigenvalue weighted by atomic mass is 35.5. The van der Waals surface area contributed by atoms with E-state index in [0.717, 1.165) is 28.0 Å². The number of fused-ring (bicyclic) bond motifs is 2. The zero-order chi connectivity index (χ0) is 19.0. The minimum Gasteiger partial charge on any atom is -0.350 e. The first-order valence-corrected chi connectivity index (χ1v) is 9.12. The van der Waals surface area contributed by atoms with Crippen LogP contribution in [-0.4, -0.2) is 29.3 Å². The quantitative estimate of drug-likeness (QED) is 0.795. The van der Waals surface area contributed by atoms with Crippen LogP contribution in [0.4, 0.5) is 4.79 Å². The summed E-state index contributed by atoms with van der Waals surface area (Å²) in [5.41, 5.74) is 1.60. The monoisotopic (exact) mass is 383 g/mol. The van der Waals surface area contributed by atoms with E-state index in [0.29, 0.717) is 11.4 Å². The Morgan fingerprint density at radius 2 is 1.89 bits per heavy atom. The van der Waals surface area contributed by atoms with E-state index >= 15 is 0 Å². The molecule has 1 aliphatic heterocycles. The molecule has 0 unspecified atom stereocenters. The lowest BCUT2D eigenvalue weighted by molar-refractivity contribution is -0.135. The number of imide groups is 1. The second-order valence-corrected chi connectivity index (χ2v) is 7.16. The normalized spacial score (nSPS) is 20.7. The number of nitrogens with one attached hydrogen (secondary N) is 2. The third-order valence-corrected chi connectivity index (χ3v) is 5.53. The number of nitrogens with zero attached hydrogens (tertiary/aromatic N) is 1. The fraction of sp³-hybridized carbons (Fsp3) is 0.250. The summed E-state index contributed by atoms with van der Waals surface area (Å²) in [5.74, 6) is -0.785. The van der Waals surface area contributed by atoms with E-state index in [4.69, 9.17) is 11.6 Å². The SMILES string of the molecule is O=C(CN1C(=O)N[C@]2(CCc3ccccc32)C1=O)NCc1ccccc1Cl. The molecular formula is C20H18ClN3O3. The molecule has 1 saturated heterocycles. The van der Waals surface area contributed by atoms with Crippen molar-refractivity contribution in [1.82, 2.24) is 15.5 Å². The van der Waals surface area contributed by atoms with Gasteiger partial charge in [-0.1, -0.05) is 54.1 Å². The van der Waals surface area contributed by atoms with Gasteiger partial charge in [0.25, 0.3) is 5.91 Å². The standard InChI is InChI=1S/C20H18ClN3O3/c21-16-8-4-2-6-14(16)11-22-17(25)12-24-18(26)20(23-19(24)27)10-9-13-5-1-3-7-15(13)20/h1-8H,9-12H2,(H,22,25)(H,23,27)/t20-/m0/s1. The van der Waals surface area contributed by atoms with E-state index in [1.807, 2.05) is 30.3 Å². The van der Waals surface area contributed by atoms with Gasteiger partial charge < -0.3 is 10.6 Å². The summed E-state index contributed by atoms with van der Waals surface area (Å²) in [4.78, 5) is 38.7. The topological polar surface area (TPSA) is 78.5 Å². The first kappa shape index (κ1) is 17.5. The Kier molecular flexibility index (Phi) is 4.36. The van der Waals surface area contributed by atoms with Crippen molar-refractivity contribution < 1.29 is 14.4 Å². The number of halogens is 1. The zero-order valence-electron chi connectivity index (χ0n) is 14.5. The van der Waals surface area contributed by atoms with Gasteiger partial charge in [0, 0.05) is 11.6 Å². The van der Waals surface area contributed by atoms with Crippen LogP contribution in [0.25, 0.3) is 0 Å². The number of hydrogen-bond acceptors (Lipinski definition) is 3. The van der Waals surface area contributed by atoms with E-state index in [-0.39, 0.29) is 19.0 Å². The molecule has 138 valence electrons. The van der Waals surface area contributed by atoms with Gasteiger partial charge in [0.05, 0.1) is 0 Å². The molecule has 27 heavy (non-hydrogen) atoms. The van der Waals surface area contributed by atoms with Crippen LogP contribution < -0.4 is 10.6 Å². The number of amides is 4. The highest BCUT2D eigenvalue weighted by Gasteiger charge is 2.55. The largest absolute Gasteiger partial charge is 0.350 e. The minimum absolute atomic E-state index is 0.232. The summed E-state index contributed by atoms with van der Waals surface area (Å²) in [6, 6.07) is 14.2. The minimum atomic E-state index is -1.04. The molecule has 4 amide bonds. The molecule has 6 nitrogen and oxygen atoms in total. The van der Waals surface area contributed by atoms with Crippen molar-refractivity contribution in [3.63, 3.8) is 0 Å². The molecule has 1 spiro atoms. The molecule has 0 aromatic heterocycles. The Labute approximate surface area is 161 Å². The van der Waals surface area contributed by atoms with Crippen molar-refractivity contribution in [2.75, 3.05) is 6.54 Å². The zero-order valence-corrected chi connectivity index (χ0v) is 15.3. The Morgan fingerprint density at radius 3 is 2.70 bits per heavy atom. The maximum absolute atomic E-state index is 13.0. The molecule has 0 radical (unpaired) electrons. The van der Waals surface area contributed by atoms with E-state index in [1.54, 1.807) is 18.2 Å². The van der Waals surface area contributed by atoms with E-state index in [1.165, 1.54) is 0 Å². The Bertz CT molecular complexity index is 946. The average molecular weight is 384 g/mol. The molecule has 1 atom stereocenters. The first-order chi connectivity index (χ1) is 13.0. The summed E-state index contributed by atoms with van der Waals surface area (Å²) < 4.78 is 0. The lowest BCUT2D eigenvalue weighted by atomic mass is 9.92. The Balaban J connectivity index is 1.46. The number of hydrogen-bond donors (Lipinski definition) is 2. The van der Waals surface area contributed by atoms with Gasteiger partial charge in [-0.3, -0.25) is 14.5 Å². The lowest BCUT2D eigenvalue weighted by Crippen LogP contribution is -2.43. The van der Waals surface area contributed by atoms with Crippen LogP contribution in [0.2, 0.25) is 5.02 Å². The van der Waals surface area contributed by atoms with Gasteiger partial charge >= 0.3 is 6.03 Å². The Morgan fingerprint density at radius 1 is 1.15 bits per heavy atom. The second kappa shape index (κ2) is 6.70. The highest BCUT2D eigenvalue weighted by molar-refractivity contribution is 6.31. The van der Waals surface area contributed by atoms with Crippen LogP contribution in [0.5, 0.6) is 0 Å². The fourth-order valence-electron chi connectivity index (χ4n) is 3.77. The molecule has 0 saturated carbocycles. The van der Waals surface area contributed by atoms with Crippen LogP contribution in [0.1, 0.15) is 23.1 Å². The molecule has 7 heteroatoms. The summed E-state index contributed by atoms with van der Waals surface area (Å²) in [6.07, 6.45) is 1.23. The molecule has 1 aliphatic carbocycles. The highest BCUT2D eigenvalue weighted by Crippen LogP contribution is 2.41. The van der Waals surface area contributed by atoms with Crippen molar-refractivity contribution in [2.24, 2.45) is 0 Å². The predicted octanol–water partition coefficient (Wildman–Crippen LogP) is 2.35.